The average molecular weight is 221 g/mol. The fourth-order valence-electron chi connectivity index (χ4n) is 1.31. The van der Waals surface area contributed by atoms with E-state index >= 15 is 0 Å². The second-order valence-corrected chi connectivity index (χ2v) is 5.98. The minimum atomic E-state index is 0.340. The molecule has 1 heterocycles. The first kappa shape index (κ1) is 11.7. The maximum atomic E-state index is 8.59. The Morgan fingerprint density at radius 3 is 2.92 bits per heavy atom. The SMILES string of the molecule is OCCCCSSC1CCCCN1. The van der Waals surface area contributed by atoms with Crippen molar-refractivity contribution in [3.05, 3.63) is 0 Å². The highest BCUT2D eigenvalue weighted by Crippen LogP contribution is 2.30. The van der Waals surface area contributed by atoms with Crippen LogP contribution in [0.3, 0.4) is 0 Å². The molecule has 1 saturated heterocycles. The minimum absolute atomic E-state index is 0.340. The molecule has 4 heteroatoms. The zero-order valence-corrected chi connectivity index (χ0v) is 9.63. The third-order valence-corrected chi connectivity index (χ3v) is 4.92. The van der Waals surface area contributed by atoms with Gasteiger partial charge in [0.2, 0.25) is 0 Å². The minimum Gasteiger partial charge on any atom is -0.396 e. The van der Waals surface area contributed by atoms with Gasteiger partial charge >= 0.3 is 0 Å². The molecule has 0 saturated carbocycles. The summed E-state index contributed by atoms with van der Waals surface area (Å²) in [5, 5.41) is 12.8. The molecule has 1 atom stereocenters. The molecule has 2 nitrogen and oxygen atoms in total. The predicted octanol–water partition coefficient (Wildman–Crippen LogP) is 2.24. The molecular weight excluding hydrogens is 202 g/mol. The van der Waals surface area contributed by atoms with Crippen LogP contribution in [0.2, 0.25) is 0 Å². The molecular formula is C9H19NOS2. The van der Waals surface area contributed by atoms with Gasteiger partial charge in [-0.3, -0.25) is 0 Å². The van der Waals surface area contributed by atoms with Crippen molar-refractivity contribution in [3.63, 3.8) is 0 Å². The van der Waals surface area contributed by atoms with Crippen molar-refractivity contribution in [1.29, 1.82) is 0 Å². The number of hydrogen-bond donors (Lipinski definition) is 2. The lowest BCUT2D eigenvalue weighted by atomic mass is 10.2. The van der Waals surface area contributed by atoms with Crippen LogP contribution in [-0.2, 0) is 0 Å². The fourth-order valence-corrected chi connectivity index (χ4v) is 3.96. The molecule has 1 aliphatic rings. The fraction of sp³-hybridized carbons (Fsp3) is 1.00. The van der Waals surface area contributed by atoms with Gasteiger partial charge < -0.3 is 10.4 Å². The van der Waals surface area contributed by atoms with Crippen molar-refractivity contribution in [3.8, 4) is 0 Å². The van der Waals surface area contributed by atoms with Gasteiger partial charge in [0.05, 0.1) is 5.37 Å². The average Bonchev–Trinajstić information content (AvgIpc) is 2.19. The first-order valence-electron chi connectivity index (χ1n) is 5.06. The van der Waals surface area contributed by atoms with Crippen LogP contribution in [0.15, 0.2) is 0 Å². The summed E-state index contributed by atoms with van der Waals surface area (Å²) in [5.74, 6) is 1.17. The van der Waals surface area contributed by atoms with Crippen molar-refractivity contribution in [2.45, 2.75) is 37.5 Å². The van der Waals surface area contributed by atoms with Crippen LogP contribution in [0.1, 0.15) is 32.1 Å². The summed E-state index contributed by atoms with van der Waals surface area (Å²) in [6.45, 7) is 1.53. The Kier molecular flexibility index (Phi) is 7.17. The van der Waals surface area contributed by atoms with Gasteiger partial charge in [-0.25, -0.2) is 0 Å². The van der Waals surface area contributed by atoms with Gasteiger partial charge in [0.15, 0.2) is 0 Å². The van der Waals surface area contributed by atoms with E-state index in [2.05, 4.69) is 5.32 Å². The lowest BCUT2D eigenvalue weighted by Crippen LogP contribution is -2.30. The highest BCUT2D eigenvalue weighted by molar-refractivity contribution is 8.76. The van der Waals surface area contributed by atoms with Crippen LogP contribution < -0.4 is 5.32 Å². The number of nitrogens with one attached hydrogen (secondary N) is 1. The number of hydrogen-bond acceptors (Lipinski definition) is 4. The zero-order valence-electron chi connectivity index (χ0n) is 8.00. The van der Waals surface area contributed by atoms with Crippen LogP contribution in [-0.4, -0.2) is 29.4 Å². The smallest absolute Gasteiger partial charge is 0.0636 e. The number of piperidine rings is 1. The summed E-state index contributed by atoms with van der Waals surface area (Å²) in [4.78, 5) is 0. The monoisotopic (exact) mass is 221 g/mol. The Morgan fingerprint density at radius 1 is 1.31 bits per heavy atom. The first-order chi connectivity index (χ1) is 6.43. The van der Waals surface area contributed by atoms with Gasteiger partial charge in [0.25, 0.3) is 0 Å². The van der Waals surface area contributed by atoms with Crippen LogP contribution in [0.4, 0.5) is 0 Å². The summed E-state index contributed by atoms with van der Waals surface area (Å²) < 4.78 is 0. The number of unbranched alkanes of at least 4 members (excludes halogenated alkanes) is 1. The zero-order chi connectivity index (χ0) is 9.36. The lowest BCUT2D eigenvalue weighted by molar-refractivity contribution is 0.287. The molecule has 78 valence electrons. The second-order valence-electron chi connectivity index (χ2n) is 3.29. The summed E-state index contributed by atoms with van der Waals surface area (Å²) in [5.41, 5.74) is 0. The van der Waals surface area contributed by atoms with E-state index in [1.807, 2.05) is 21.6 Å². The van der Waals surface area contributed by atoms with Crippen LogP contribution >= 0.6 is 21.6 Å². The third kappa shape index (κ3) is 5.83. The van der Waals surface area contributed by atoms with E-state index in [4.69, 9.17) is 5.11 Å². The Balaban J connectivity index is 1.86. The Hall–Kier alpha value is 0.620. The number of rotatable bonds is 6. The summed E-state index contributed by atoms with van der Waals surface area (Å²) in [6, 6.07) is 0. The molecule has 13 heavy (non-hydrogen) atoms. The predicted molar refractivity (Wildman–Crippen MR) is 62.0 cm³/mol. The van der Waals surface area contributed by atoms with Gasteiger partial charge in [-0.05, 0) is 38.6 Å². The number of aliphatic hydroxyl groups excluding tert-OH is 1. The molecule has 0 amide bonds. The topological polar surface area (TPSA) is 32.3 Å². The van der Waals surface area contributed by atoms with E-state index in [1.54, 1.807) is 0 Å². The summed E-state index contributed by atoms with van der Waals surface area (Å²) in [7, 11) is 3.91. The van der Waals surface area contributed by atoms with Crippen molar-refractivity contribution >= 4 is 21.6 Å². The highest BCUT2D eigenvalue weighted by atomic mass is 33.1. The molecule has 1 unspecified atom stereocenters. The first-order valence-corrected chi connectivity index (χ1v) is 7.44. The van der Waals surface area contributed by atoms with Gasteiger partial charge in [0.1, 0.15) is 0 Å². The normalized spacial score (nSPS) is 23.3. The number of aliphatic hydroxyl groups is 1. The van der Waals surface area contributed by atoms with Crippen LogP contribution in [0.5, 0.6) is 0 Å². The summed E-state index contributed by atoms with van der Waals surface area (Å²) in [6.07, 6.45) is 6.12. The van der Waals surface area contributed by atoms with E-state index in [-0.39, 0.29) is 0 Å². The lowest BCUT2D eigenvalue weighted by Gasteiger charge is -2.21. The van der Waals surface area contributed by atoms with Gasteiger partial charge in [-0.15, -0.1) is 0 Å². The maximum absolute atomic E-state index is 8.59. The van der Waals surface area contributed by atoms with Crippen molar-refractivity contribution in [1.82, 2.24) is 5.32 Å². The van der Waals surface area contributed by atoms with Gasteiger partial charge in [0, 0.05) is 12.4 Å². The molecule has 1 aliphatic heterocycles. The second kappa shape index (κ2) is 7.97. The quantitative estimate of drug-likeness (QED) is 0.532. The highest BCUT2D eigenvalue weighted by Gasteiger charge is 2.12. The molecule has 1 fully saturated rings. The van der Waals surface area contributed by atoms with Crippen molar-refractivity contribution in [2.24, 2.45) is 0 Å². The largest absolute Gasteiger partial charge is 0.396 e. The molecule has 1 rings (SSSR count). The van der Waals surface area contributed by atoms with Crippen molar-refractivity contribution < 1.29 is 5.11 Å². The Bertz CT molecular complexity index is 118. The van der Waals surface area contributed by atoms with Crippen molar-refractivity contribution in [2.75, 3.05) is 18.9 Å². The van der Waals surface area contributed by atoms with E-state index < -0.39 is 0 Å². The maximum Gasteiger partial charge on any atom is 0.0636 e. The molecule has 0 spiro atoms. The molecule has 0 radical (unpaired) electrons. The van der Waals surface area contributed by atoms with Crippen LogP contribution in [0, 0.1) is 0 Å². The molecule has 0 aromatic rings. The molecule has 0 aromatic carbocycles. The Morgan fingerprint density at radius 2 is 2.23 bits per heavy atom. The van der Waals surface area contributed by atoms with E-state index in [0.717, 1.165) is 12.8 Å². The van der Waals surface area contributed by atoms with Crippen LogP contribution in [0.25, 0.3) is 0 Å². The molecule has 0 aromatic heterocycles. The standard InChI is InChI=1S/C9H19NOS2/c11-7-3-4-8-12-13-9-5-1-2-6-10-9/h9-11H,1-8H2. The van der Waals surface area contributed by atoms with Gasteiger partial charge in [-0.2, -0.15) is 0 Å². The van der Waals surface area contributed by atoms with E-state index in [9.17, 15) is 0 Å². The Labute approximate surface area is 88.6 Å². The summed E-state index contributed by atoms with van der Waals surface area (Å²) >= 11 is 0. The third-order valence-electron chi connectivity index (χ3n) is 2.09. The van der Waals surface area contributed by atoms with E-state index in [1.165, 1.54) is 31.6 Å². The molecule has 0 bridgehead atoms. The van der Waals surface area contributed by atoms with Gasteiger partial charge in [-0.1, -0.05) is 21.6 Å². The molecule has 2 N–H and O–H groups in total. The van der Waals surface area contributed by atoms with E-state index in [0.29, 0.717) is 12.0 Å². The molecule has 0 aliphatic carbocycles.